The Kier molecular flexibility index (Phi) is 3.28. The number of rotatable bonds is 3. The first-order chi connectivity index (χ1) is 7.31. The molecule has 0 unspecified atom stereocenters. The third-order valence-electron chi connectivity index (χ3n) is 2.68. The number of hydrogen-bond acceptors (Lipinski definition) is 4. The van der Waals surface area contributed by atoms with E-state index in [1.54, 1.807) is 0 Å². The highest BCUT2D eigenvalue weighted by atomic mass is 16.5. The number of aromatic nitrogens is 2. The van der Waals surface area contributed by atoms with E-state index >= 15 is 0 Å². The van der Waals surface area contributed by atoms with Crippen molar-refractivity contribution in [2.24, 2.45) is 0 Å². The lowest BCUT2D eigenvalue weighted by atomic mass is 10.1. The molecule has 1 aliphatic heterocycles. The monoisotopic (exact) mass is 207 g/mol. The Morgan fingerprint density at radius 2 is 2.27 bits per heavy atom. The van der Waals surface area contributed by atoms with Crippen molar-refractivity contribution < 1.29 is 4.74 Å². The minimum Gasteiger partial charge on any atom is -0.375 e. The molecule has 0 saturated carbocycles. The van der Waals surface area contributed by atoms with E-state index in [1.165, 1.54) is 5.56 Å². The summed E-state index contributed by atoms with van der Waals surface area (Å²) in [6, 6.07) is 0. The zero-order valence-electron chi connectivity index (χ0n) is 9.34. The molecular weight excluding hydrogens is 190 g/mol. The maximum atomic E-state index is 5.40. The van der Waals surface area contributed by atoms with Crippen molar-refractivity contribution in [3.8, 4) is 0 Å². The van der Waals surface area contributed by atoms with Gasteiger partial charge in [-0.2, -0.15) is 0 Å². The van der Waals surface area contributed by atoms with Gasteiger partial charge < -0.3 is 10.1 Å². The summed E-state index contributed by atoms with van der Waals surface area (Å²) in [5, 5.41) is 3.10. The van der Waals surface area contributed by atoms with Gasteiger partial charge in [-0.25, -0.2) is 9.97 Å². The molecule has 4 heteroatoms. The molecule has 0 aromatic carbocycles. The Balaban J connectivity index is 2.24. The second-order valence-corrected chi connectivity index (χ2v) is 3.81. The summed E-state index contributed by atoms with van der Waals surface area (Å²) in [6.07, 6.45) is 1.83. The van der Waals surface area contributed by atoms with Crippen molar-refractivity contribution in [3.05, 3.63) is 22.8 Å². The molecule has 0 atom stereocenters. The molecule has 15 heavy (non-hydrogen) atoms. The molecule has 0 radical (unpaired) electrons. The molecule has 0 bridgehead atoms. The van der Waals surface area contributed by atoms with Gasteiger partial charge in [0.2, 0.25) is 0 Å². The van der Waals surface area contributed by atoms with Crippen LogP contribution in [0.1, 0.15) is 22.8 Å². The number of nitrogens with zero attached hydrogens (tertiary/aromatic N) is 2. The molecule has 0 amide bonds. The lowest BCUT2D eigenvalue weighted by Gasteiger charge is -2.18. The number of likely N-dealkylation sites (N-methyl/N-ethyl adjacent to an activating group) is 1. The van der Waals surface area contributed by atoms with Crippen molar-refractivity contribution in [1.29, 1.82) is 0 Å². The van der Waals surface area contributed by atoms with E-state index < -0.39 is 0 Å². The molecule has 1 aliphatic rings. The zero-order chi connectivity index (χ0) is 10.7. The lowest BCUT2D eigenvalue weighted by Crippen LogP contribution is -2.18. The minimum atomic E-state index is 0.644. The van der Waals surface area contributed by atoms with Gasteiger partial charge in [-0.15, -0.1) is 0 Å². The van der Waals surface area contributed by atoms with E-state index in [-0.39, 0.29) is 0 Å². The highest BCUT2D eigenvalue weighted by Crippen LogP contribution is 2.17. The molecule has 2 rings (SSSR count). The summed E-state index contributed by atoms with van der Waals surface area (Å²) >= 11 is 0. The standard InChI is InChI=1S/C11H17N3O/c1-8-9-4-6-15-7-10(9)14-11(13-8)3-5-12-2/h12H,3-7H2,1-2H3. The number of hydrogen-bond donors (Lipinski definition) is 1. The van der Waals surface area contributed by atoms with Crippen LogP contribution in [0.25, 0.3) is 0 Å². The highest BCUT2D eigenvalue weighted by molar-refractivity contribution is 5.26. The first-order valence-electron chi connectivity index (χ1n) is 5.39. The van der Waals surface area contributed by atoms with Crippen molar-refractivity contribution in [2.75, 3.05) is 20.2 Å². The van der Waals surface area contributed by atoms with E-state index in [4.69, 9.17) is 4.74 Å². The third-order valence-corrected chi connectivity index (χ3v) is 2.68. The number of fused-ring (bicyclic) bond motifs is 1. The topological polar surface area (TPSA) is 47.0 Å². The van der Waals surface area contributed by atoms with Gasteiger partial charge in [-0.3, -0.25) is 0 Å². The molecular formula is C11H17N3O. The quantitative estimate of drug-likeness (QED) is 0.789. The first kappa shape index (κ1) is 10.5. The van der Waals surface area contributed by atoms with Gasteiger partial charge in [0.1, 0.15) is 5.82 Å². The van der Waals surface area contributed by atoms with Crippen LogP contribution >= 0.6 is 0 Å². The molecule has 4 nitrogen and oxygen atoms in total. The van der Waals surface area contributed by atoms with Crippen LogP contribution in [-0.2, 0) is 24.2 Å². The van der Waals surface area contributed by atoms with Crippen LogP contribution in [0.3, 0.4) is 0 Å². The largest absolute Gasteiger partial charge is 0.375 e. The summed E-state index contributed by atoms with van der Waals surface area (Å²) in [5.74, 6) is 0.922. The van der Waals surface area contributed by atoms with Gasteiger partial charge >= 0.3 is 0 Å². The van der Waals surface area contributed by atoms with E-state index in [2.05, 4.69) is 22.2 Å². The van der Waals surface area contributed by atoms with Gasteiger partial charge in [0.05, 0.1) is 18.9 Å². The highest BCUT2D eigenvalue weighted by Gasteiger charge is 2.15. The molecule has 0 saturated heterocycles. The SMILES string of the molecule is CNCCc1nc(C)c2c(n1)COCC2. The predicted molar refractivity (Wildman–Crippen MR) is 57.8 cm³/mol. The second kappa shape index (κ2) is 4.68. The average molecular weight is 207 g/mol. The fraction of sp³-hybridized carbons (Fsp3) is 0.636. The molecule has 0 aliphatic carbocycles. The van der Waals surface area contributed by atoms with Crippen molar-refractivity contribution in [3.63, 3.8) is 0 Å². The van der Waals surface area contributed by atoms with Crippen molar-refractivity contribution in [1.82, 2.24) is 15.3 Å². The minimum absolute atomic E-state index is 0.644. The summed E-state index contributed by atoms with van der Waals surface area (Å²) < 4.78 is 5.40. The fourth-order valence-electron chi connectivity index (χ4n) is 1.85. The van der Waals surface area contributed by atoms with E-state index in [9.17, 15) is 0 Å². The Morgan fingerprint density at radius 3 is 3.07 bits per heavy atom. The third kappa shape index (κ3) is 2.33. The number of ether oxygens (including phenoxy) is 1. The molecule has 82 valence electrons. The van der Waals surface area contributed by atoms with Crippen LogP contribution in [0.5, 0.6) is 0 Å². The Bertz CT molecular complexity index is 352. The number of aryl methyl sites for hydroxylation is 1. The van der Waals surface area contributed by atoms with Gasteiger partial charge in [0.25, 0.3) is 0 Å². The van der Waals surface area contributed by atoms with Crippen LogP contribution in [0.15, 0.2) is 0 Å². The van der Waals surface area contributed by atoms with Crippen LogP contribution in [-0.4, -0.2) is 30.2 Å². The van der Waals surface area contributed by atoms with Crippen LogP contribution in [0, 0.1) is 6.92 Å². The summed E-state index contributed by atoms with van der Waals surface area (Å²) in [6.45, 7) is 4.42. The van der Waals surface area contributed by atoms with E-state index in [0.717, 1.165) is 43.2 Å². The van der Waals surface area contributed by atoms with E-state index in [0.29, 0.717) is 6.61 Å². The Morgan fingerprint density at radius 1 is 1.40 bits per heavy atom. The van der Waals surface area contributed by atoms with Crippen molar-refractivity contribution >= 4 is 0 Å². The summed E-state index contributed by atoms with van der Waals surface area (Å²) in [4.78, 5) is 9.05. The van der Waals surface area contributed by atoms with Crippen LogP contribution < -0.4 is 5.32 Å². The maximum absolute atomic E-state index is 5.40. The van der Waals surface area contributed by atoms with Crippen LogP contribution in [0.2, 0.25) is 0 Å². The molecule has 1 N–H and O–H groups in total. The molecule has 1 aromatic rings. The smallest absolute Gasteiger partial charge is 0.130 e. The first-order valence-corrected chi connectivity index (χ1v) is 5.39. The summed E-state index contributed by atoms with van der Waals surface area (Å²) in [5.41, 5.74) is 3.49. The molecule has 0 fully saturated rings. The fourth-order valence-corrected chi connectivity index (χ4v) is 1.85. The number of nitrogens with one attached hydrogen (secondary N) is 1. The predicted octanol–water partition coefficient (Wildman–Crippen LogP) is 0.620. The molecule has 1 aromatic heterocycles. The Hall–Kier alpha value is -1.00. The summed E-state index contributed by atoms with van der Waals surface area (Å²) in [7, 11) is 1.94. The Labute approximate surface area is 90.1 Å². The lowest BCUT2D eigenvalue weighted by molar-refractivity contribution is 0.106. The van der Waals surface area contributed by atoms with Gasteiger partial charge in [-0.1, -0.05) is 0 Å². The van der Waals surface area contributed by atoms with E-state index in [1.807, 2.05) is 7.05 Å². The molecule has 2 heterocycles. The normalized spacial score (nSPS) is 15.1. The maximum Gasteiger partial charge on any atom is 0.130 e. The molecule has 0 spiro atoms. The van der Waals surface area contributed by atoms with Crippen molar-refractivity contribution in [2.45, 2.75) is 26.4 Å². The zero-order valence-corrected chi connectivity index (χ0v) is 9.34. The van der Waals surface area contributed by atoms with Gasteiger partial charge in [-0.05, 0) is 26.0 Å². The van der Waals surface area contributed by atoms with Gasteiger partial charge in [0.15, 0.2) is 0 Å². The average Bonchev–Trinajstić information content (AvgIpc) is 2.26. The second-order valence-electron chi connectivity index (χ2n) is 3.81. The van der Waals surface area contributed by atoms with Crippen LogP contribution in [0.4, 0.5) is 0 Å². The van der Waals surface area contributed by atoms with Gasteiger partial charge in [0, 0.05) is 18.7 Å².